The molecular formula is C23H29NO4. The Bertz CT molecular complexity index is 814. The molecule has 2 rings (SSSR count). The molecule has 0 aliphatic carbocycles. The van der Waals surface area contributed by atoms with Gasteiger partial charge in [-0.05, 0) is 55.0 Å². The lowest BCUT2D eigenvalue weighted by molar-refractivity contribution is -0.153. The second-order valence-electron chi connectivity index (χ2n) is 7.96. The third kappa shape index (κ3) is 5.84. The molecule has 0 saturated heterocycles. The van der Waals surface area contributed by atoms with Gasteiger partial charge < -0.3 is 14.8 Å². The normalized spacial score (nSPS) is 12.2. The average molecular weight is 383 g/mol. The van der Waals surface area contributed by atoms with Crippen LogP contribution in [0.5, 0.6) is 5.75 Å². The lowest BCUT2D eigenvalue weighted by Crippen LogP contribution is -2.30. The first-order chi connectivity index (χ1) is 13.1. The Hall–Kier alpha value is -2.82. The van der Waals surface area contributed by atoms with Gasteiger partial charge in [0.1, 0.15) is 5.75 Å². The zero-order valence-electron chi connectivity index (χ0n) is 17.5. The van der Waals surface area contributed by atoms with Crippen LogP contribution < -0.4 is 10.1 Å². The first-order valence-corrected chi connectivity index (χ1v) is 9.38. The summed E-state index contributed by atoms with van der Waals surface area (Å²) in [4.78, 5) is 24.2. The van der Waals surface area contributed by atoms with Gasteiger partial charge in [-0.3, -0.25) is 4.79 Å². The van der Waals surface area contributed by atoms with E-state index in [1.54, 1.807) is 6.92 Å². The molecule has 0 heterocycles. The van der Waals surface area contributed by atoms with Crippen molar-refractivity contribution >= 4 is 17.6 Å². The maximum Gasteiger partial charge on any atom is 0.347 e. The maximum atomic E-state index is 12.1. The zero-order chi connectivity index (χ0) is 20.9. The van der Waals surface area contributed by atoms with Crippen LogP contribution in [-0.2, 0) is 19.7 Å². The van der Waals surface area contributed by atoms with Gasteiger partial charge in [0, 0.05) is 5.69 Å². The second-order valence-corrected chi connectivity index (χ2v) is 7.96. The summed E-state index contributed by atoms with van der Waals surface area (Å²) in [6.07, 6.45) is -0.812. The third-order valence-corrected chi connectivity index (χ3v) is 4.46. The number of amides is 1. The van der Waals surface area contributed by atoms with E-state index < -0.39 is 12.1 Å². The van der Waals surface area contributed by atoms with Gasteiger partial charge in [-0.25, -0.2) is 4.79 Å². The van der Waals surface area contributed by atoms with E-state index in [1.165, 1.54) is 5.56 Å². The Labute approximate surface area is 167 Å². The highest BCUT2D eigenvalue weighted by molar-refractivity contribution is 5.94. The molecule has 0 unspecified atom stereocenters. The summed E-state index contributed by atoms with van der Waals surface area (Å²) in [5, 5.41) is 2.79. The number of carbonyl (C=O) groups is 2. The summed E-state index contributed by atoms with van der Waals surface area (Å²) in [5.41, 5.74) is 3.88. The summed E-state index contributed by atoms with van der Waals surface area (Å²) >= 11 is 0. The Balaban J connectivity index is 1.86. The molecule has 1 N–H and O–H groups in total. The topological polar surface area (TPSA) is 64.6 Å². The second kappa shape index (κ2) is 8.91. The molecular weight excluding hydrogens is 354 g/mol. The molecule has 150 valence electrons. The molecule has 0 fully saturated rings. The Morgan fingerprint density at radius 2 is 1.57 bits per heavy atom. The predicted octanol–water partition coefficient (Wildman–Crippen LogP) is 4.55. The van der Waals surface area contributed by atoms with Gasteiger partial charge in [-0.1, -0.05) is 51.1 Å². The fourth-order valence-corrected chi connectivity index (χ4v) is 2.73. The van der Waals surface area contributed by atoms with Crippen LogP contribution in [0.2, 0.25) is 0 Å². The van der Waals surface area contributed by atoms with Crippen molar-refractivity contribution < 1.29 is 19.1 Å². The van der Waals surface area contributed by atoms with Gasteiger partial charge in [0.05, 0.1) is 0 Å². The smallest absolute Gasteiger partial charge is 0.347 e. The summed E-state index contributed by atoms with van der Waals surface area (Å²) in [6, 6.07) is 13.4. The molecule has 0 aliphatic rings. The van der Waals surface area contributed by atoms with Crippen molar-refractivity contribution in [3.63, 3.8) is 0 Å². The minimum Gasteiger partial charge on any atom is -0.479 e. The molecule has 0 aliphatic heterocycles. The van der Waals surface area contributed by atoms with E-state index in [2.05, 4.69) is 26.1 Å². The van der Waals surface area contributed by atoms with Crippen molar-refractivity contribution in [1.29, 1.82) is 0 Å². The molecule has 0 spiro atoms. The van der Waals surface area contributed by atoms with Crippen LogP contribution in [0.25, 0.3) is 0 Å². The van der Waals surface area contributed by atoms with Crippen molar-refractivity contribution in [2.75, 3.05) is 11.9 Å². The minimum absolute atomic E-state index is 0.0475. The largest absolute Gasteiger partial charge is 0.479 e. The fraction of sp³-hybridized carbons (Fsp3) is 0.391. The van der Waals surface area contributed by atoms with Crippen LogP contribution in [0.1, 0.15) is 44.4 Å². The van der Waals surface area contributed by atoms with Gasteiger partial charge >= 0.3 is 5.97 Å². The van der Waals surface area contributed by atoms with E-state index in [9.17, 15) is 9.59 Å². The molecule has 1 atom stereocenters. The van der Waals surface area contributed by atoms with Gasteiger partial charge in [0.2, 0.25) is 0 Å². The van der Waals surface area contributed by atoms with Gasteiger partial charge in [0.25, 0.3) is 5.91 Å². The van der Waals surface area contributed by atoms with E-state index >= 15 is 0 Å². The Morgan fingerprint density at radius 3 is 2.11 bits per heavy atom. The number of esters is 1. The van der Waals surface area contributed by atoms with Crippen molar-refractivity contribution in [1.82, 2.24) is 0 Å². The van der Waals surface area contributed by atoms with E-state index in [0.717, 1.165) is 16.8 Å². The summed E-state index contributed by atoms with van der Waals surface area (Å²) in [7, 11) is 0. The summed E-state index contributed by atoms with van der Waals surface area (Å²) < 4.78 is 10.7. The van der Waals surface area contributed by atoms with Crippen LogP contribution in [0.4, 0.5) is 5.69 Å². The number of hydrogen-bond acceptors (Lipinski definition) is 4. The number of nitrogens with one attached hydrogen (secondary N) is 1. The minimum atomic E-state index is -0.812. The molecule has 5 heteroatoms. The number of benzene rings is 2. The highest BCUT2D eigenvalue weighted by atomic mass is 16.6. The number of carbonyl (C=O) groups excluding carboxylic acids is 2. The third-order valence-electron chi connectivity index (χ3n) is 4.46. The van der Waals surface area contributed by atoms with E-state index in [-0.39, 0.29) is 17.9 Å². The molecule has 0 bridgehead atoms. The molecule has 0 saturated carbocycles. The average Bonchev–Trinajstić information content (AvgIpc) is 2.62. The Kier molecular flexibility index (Phi) is 6.84. The number of aryl methyl sites for hydroxylation is 2. The van der Waals surface area contributed by atoms with Crippen LogP contribution >= 0.6 is 0 Å². The van der Waals surface area contributed by atoms with Gasteiger partial charge in [-0.2, -0.15) is 0 Å². The number of anilines is 1. The van der Waals surface area contributed by atoms with Crippen LogP contribution in [0.15, 0.2) is 42.5 Å². The first-order valence-electron chi connectivity index (χ1n) is 9.38. The van der Waals surface area contributed by atoms with Crippen molar-refractivity contribution in [3.05, 3.63) is 59.2 Å². The molecule has 28 heavy (non-hydrogen) atoms. The predicted molar refractivity (Wildman–Crippen MR) is 111 cm³/mol. The highest BCUT2D eigenvalue weighted by Crippen LogP contribution is 2.24. The van der Waals surface area contributed by atoms with E-state index in [0.29, 0.717) is 5.75 Å². The lowest BCUT2D eigenvalue weighted by Gasteiger charge is -2.20. The Morgan fingerprint density at radius 1 is 1.00 bits per heavy atom. The van der Waals surface area contributed by atoms with Crippen molar-refractivity contribution in [2.24, 2.45) is 0 Å². The SMILES string of the molecule is Cc1cccc(C)c1NC(=O)COC(=O)[C@@H](C)Oc1ccc(C(C)(C)C)cc1. The van der Waals surface area contributed by atoms with Gasteiger partial charge in [-0.15, -0.1) is 0 Å². The zero-order valence-corrected chi connectivity index (χ0v) is 17.5. The lowest BCUT2D eigenvalue weighted by atomic mass is 9.87. The quantitative estimate of drug-likeness (QED) is 0.743. The van der Waals surface area contributed by atoms with Crippen LogP contribution in [0, 0.1) is 13.8 Å². The molecule has 2 aromatic rings. The number of hydrogen-bond donors (Lipinski definition) is 1. The summed E-state index contributed by atoms with van der Waals surface area (Å²) in [6.45, 7) is 11.5. The maximum absolute atomic E-state index is 12.1. The van der Waals surface area contributed by atoms with Crippen LogP contribution in [-0.4, -0.2) is 24.6 Å². The first kappa shape index (κ1) is 21.5. The van der Waals surface area contributed by atoms with Gasteiger partial charge in [0.15, 0.2) is 12.7 Å². The number of rotatable bonds is 6. The summed E-state index contributed by atoms with van der Waals surface area (Å²) in [5.74, 6) is -0.388. The van der Waals surface area contributed by atoms with Crippen LogP contribution in [0.3, 0.4) is 0 Å². The molecule has 1 amide bonds. The number of para-hydroxylation sites is 1. The standard InChI is InChI=1S/C23H29NO4/c1-15-8-7-9-16(2)21(15)24-20(25)14-27-22(26)17(3)28-19-12-10-18(11-13-19)23(4,5)6/h7-13,17H,14H2,1-6H3,(H,24,25)/t17-/m1/s1. The van der Waals surface area contributed by atoms with E-state index in [1.807, 2.05) is 56.3 Å². The molecule has 2 aromatic carbocycles. The van der Waals surface area contributed by atoms with Crippen molar-refractivity contribution in [2.45, 2.75) is 53.1 Å². The molecule has 0 radical (unpaired) electrons. The van der Waals surface area contributed by atoms with Crippen molar-refractivity contribution in [3.8, 4) is 5.75 Å². The highest BCUT2D eigenvalue weighted by Gasteiger charge is 2.19. The van der Waals surface area contributed by atoms with E-state index in [4.69, 9.17) is 9.47 Å². The fourth-order valence-electron chi connectivity index (χ4n) is 2.73. The molecule has 0 aromatic heterocycles. The number of ether oxygens (including phenoxy) is 2. The molecule has 5 nitrogen and oxygen atoms in total. The monoisotopic (exact) mass is 383 g/mol.